The summed E-state index contributed by atoms with van der Waals surface area (Å²) in [5.74, 6) is 1.37. The number of hydrogen-bond acceptors (Lipinski definition) is 3. The number of nitrogens with zero attached hydrogens (tertiary/aromatic N) is 2. The molecule has 1 N–H and O–H groups in total. The van der Waals surface area contributed by atoms with Gasteiger partial charge in [-0.15, -0.1) is 0 Å². The van der Waals surface area contributed by atoms with Gasteiger partial charge in [0.15, 0.2) is 6.61 Å². The smallest absolute Gasteiger partial charge is 0.257 e. The van der Waals surface area contributed by atoms with E-state index in [0.717, 1.165) is 16.9 Å². The maximum Gasteiger partial charge on any atom is 0.257 e. The largest absolute Gasteiger partial charge is 0.484 e. The van der Waals surface area contributed by atoms with Gasteiger partial charge in [0.2, 0.25) is 0 Å². The fourth-order valence-corrected chi connectivity index (χ4v) is 4.18. The van der Waals surface area contributed by atoms with E-state index in [2.05, 4.69) is 58.4 Å². The molecular weight excluding hydrogens is 446 g/mol. The summed E-state index contributed by atoms with van der Waals surface area (Å²) in [6, 6.07) is 30.0. The number of para-hydroxylation sites is 2. The molecule has 0 spiro atoms. The van der Waals surface area contributed by atoms with Crippen molar-refractivity contribution in [1.82, 2.24) is 14.9 Å². The van der Waals surface area contributed by atoms with Crippen LogP contribution in [0.2, 0.25) is 5.02 Å². The molecule has 5 aromatic rings. The minimum atomic E-state index is -0.174. The highest BCUT2D eigenvalue weighted by atomic mass is 35.5. The Kier molecular flexibility index (Phi) is 6.45. The lowest BCUT2D eigenvalue weighted by Crippen LogP contribution is -2.31. The highest BCUT2D eigenvalue weighted by Crippen LogP contribution is 2.21. The summed E-state index contributed by atoms with van der Waals surface area (Å²) >= 11 is 5.88. The average Bonchev–Trinajstić information content (AvgIpc) is 3.21. The molecule has 1 heterocycles. The molecule has 0 saturated carbocycles. The molecular formula is C28H24ClN3O2. The molecule has 0 saturated heterocycles. The van der Waals surface area contributed by atoms with Gasteiger partial charge in [-0.25, -0.2) is 4.98 Å². The number of nitrogens with one attached hydrogen (secondary N) is 1. The van der Waals surface area contributed by atoms with Gasteiger partial charge >= 0.3 is 0 Å². The van der Waals surface area contributed by atoms with E-state index in [1.165, 1.54) is 16.3 Å². The standard InChI is InChI=1S/C28H24ClN3O2/c29-23-11-13-24(14-12-23)34-19-28(33)30-16-15-27-31-25-7-3-4-8-26(25)32(27)18-20-9-10-21-5-1-2-6-22(21)17-20/h1-14,17H,15-16,18-19H2,(H,30,33). The third-order valence-electron chi connectivity index (χ3n) is 5.74. The van der Waals surface area contributed by atoms with E-state index in [0.29, 0.717) is 30.3 Å². The molecule has 0 atom stereocenters. The third kappa shape index (κ3) is 5.05. The number of imidazole rings is 1. The Labute approximate surface area is 203 Å². The fourth-order valence-electron chi connectivity index (χ4n) is 4.06. The highest BCUT2D eigenvalue weighted by molar-refractivity contribution is 6.30. The number of carbonyl (C=O) groups is 1. The monoisotopic (exact) mass is 469 g/mol. The first-order valence-electron chi connectivity index (χ1n) is 11.2. The van der Waals surface area contributed by atoms with Crippen LogP contribution >= 0.6 is 11.6 Å². The van der Waals surface area contributed by atoms with E-state index < -0.39 is 0 Å². The number of ether oxygens (including phenoxy) is 1. The van der Waals surface area contributed by atoms with Crippen LogP contribution in [0.5, 0.6) is 5.75 Å². The Morgan fingerprint density at radius 1 is 0.912 bits per heavy atom. The van der Waals surface area contributed by atoms with Crippen LogP contribution in [0.25, 0.3) is 21.8 Å². The Morgan fingerprint density at radius 3 is 2.53 bits per heavy atom. The Morgan fingerprint density at radius 2 is 1.68 bits per heavy atom. The van der Waals surface area contributed by atoms with Crippen molar-refractivity contribution in [1.29, 1.82) is 0 Å². The van der Waals surface area contributed by atoms with Crippen LogP contribution in [0, 0.1) is 0 Å². The molecule has 5 nitrogen and oxygen atoms in total. The van der Waals surface area contributed by atoms with Gasteiger partial charge in [-0.05, 0) is 58.8 Å². The van der Waals surface area contributed by atoms with Crippen LogP contribution < -0.4 is 10.1 Å². The van der Waals surface area contributed by atoms with Gasteiger partial charge in [-0.2, -0.15) is 0 Å². The molecule has 1 aromatic heterocycles. The van der Waals surface area contributed by atoms with Gasteiger partial charge in [-0.1, -0.05) is 60.1 Å². The number of halogens is 1. The van der Waals surface area contributed by atoms with E-state index in [4.69, 9.17) is 21.3 Å². The molecule has 170 valence electrons. The van der Waals surface area contributed by atoms with Crippen molar-refractivity contribution >= 4 is 39.3 Å². The predicted molar refractivity (Wildman–Crippen MR) is 136 cm³/mol. The molecule has 0 unspecified atom stereocenters. The van der Waals surface area contributed by atoms with Crippen molar-refractivity contribution in [3.8, 4) is 5.75 Å². The number of fused-ring (bicyclic) bond motifs is 2. The molecule has 0 bridgehead atoms. The summed E-state index contributed by atoms with van der Waals surface area (Å²) in [5.41, 5.74) is 3.25. The van der Waals surface area contributed by atoms with Crippen LogP contribution in [0.4, 0.5) is 0 Å². The van der Waals surface area contributed by atoms with E-state index in [9.17, 15) is 4.79 Å². The first-order valence-corrected chi connectivity index (χ1v) is 11.6. The highest BCUT2D eigenvalue weighted by Gasteiger charge is 2.12. The topological polar surface area (TPSA) is 56.1 Å². The van der Waals surface area contributed by atoms with Gasteiger partial charge in [0, 0.05) is 24.5 Å². The van der Waals surface area contributed by atoms with Gasteiger partial charge in [-0.3, -0.25) is 4.79 Å². The zero-order chi connectivity index (χ0) is 23.3. The number of amides is 1. The summed E-state index contributed by atoms with van der Waals surface area (Å²) in [6.07, 6.45) is 0.620. The Hall–Kier alpha value is -3.83. The van der Waals surface area contributed by atoms with Crippen LogP contribution in [-0.4, -0.2) is 28.6 Å². The van der Waals surface area contributed by atoms with Gasteiger partial charge in [0.05, 0.1) is 11.0 Å². The summed E-state index contributed by atoms with van der Waals surface area (Å²) in [7, 11) is 0. The van der Waals surface area contributed by atoms with Gasteiger partial charge in [0.1, 0.15) is 11.6 Å². The normalized spacial score (nSPS) is 11.1. The van der Waals surface area contributed by atoms with Crippen LogP contribution in [0.1, 0.15) is 11.4 Å². The second-order valence-corrected chi connectivity index (χ2v) is 8.56. The average molecular weight is 470 g/mol. The molecule has 0 aliphatic carbocycles. The lowest BCUT2D eigenvalue weighted by Gasteiger charge is -2.11. The molecule has 0 aliphatic heterocycles. The molecule has 1 amide bonds. The lowest BCUT2D eigenvalue weighted by atomic mass is 10.1. The zero-order valence-electron chi connectivity index (χ0n) is 18.6. The first-order chi connectivity index (χ1) is 16.7. The van der Waals surface area contributed by atoms with Crippen molar-refractivity contribution in [3.63, 3.8) is 0 Å². The second-order valence-electron chi connectivity index (χ2n) is 8.13. The number of benzene rings is 4. The number of rotatable bonds is 8. The maximum atomic E-state index is 12.3. The van der Waals surface area contributed by atoms with Gasteiger partial charge < -0.3 is 14.6 Å². The van der Waals surface area contributed by atoms with E-state index in [1.54, 1.807) is 24.3 Å². The van der Waals surface area contributed by atoms with Crippen LogP contribution in [0.3, 0.4) is 0 Å². The molecule has 0 radical (unpaired) electrons. The number of hydrogen-bond donors (Lipinski definition) is 1. The maximum absolute atomic E-state index is 12.3. The molecule has 0 aliphatic rings. The third-order valence-corrected chi connectivity index (χ3v) is 5.99. The molecule has 5 rings (SSSR count). The molecule has 6 heteroatoms. The van der Waals surface area contributed by atoms with Crippen LogP contribution in [0.15, 0.2) is 91.0 Å². The zero-order valence-corrected chi connectivity index (χ0v) is 19.3. The van der Waals surface area contributed by atoms with Crippen LogP contribution in [-0.2, 0) is 17.8 Å². The van der Waals surface area contributed by atoms with E-state index in [1.807, 2.05) is 18.2 Å². The van der Waals surface area contributed by atoms with Crippen molar-refractivity contribution in [2.24, 2.45) is 0 Å². The molecule has 0 fully saturated rings. The number of carbonyl (C=O) groups excluding carboxylic acids is 1. The fraction of sp³-hybridized carbons (Fsp3) is 0.143. The van der Waals surface area contributed by atoms with Crippen molar-refractivity contribution < 1.29 is 9.53 Å². The quantitative estimate of drug-likeness (QED) is 0.320. The molecule has 4 aromatic carbocycles. The van der Waals surface area contributed by atoms with E-state index in [-0.39, 0.29) is 12.5 Å². The minimum absolute atomic E-state index is 0.0465. The van der Waals surface area contributed by atoms with Crippen molar-refractivity contribution in [2.75, 3.05) is 13.2 Å². The summed E-state index contributed by atoms with van der Waals surface area (Å²) < 4.78 is 7.75. The summed E-state index contributed by atoms with van der Waals surface area (Å²) in [6.45, 7) is 1.15. The Balaban J connectivity index is 1.27. The predicted octanol–water partition coefficient (Wildman–Crippen LogP) is 5.63. The van der Waals surface area contributed by atoms with E-state index >= 15 is 0 Å². The lowest BCUT2D eigenvalue weighted by molar-refractivity contribution is -0.123. The SMILES string of the molecule is O=C(COc1ccc(Cl)cc1)NCCc1nc2ccccc2n1Cc1ccc2ccccc2c1. The van der Waals surface area contributed by atoms with Crippen molar-refractivity contribution in [3.05, 3.63) is 107 Å². The first kappa shape index (κ1) is 22.0. The second kappa shape index (κ2) is 9.98. The number of aromatic nitrogens is 2. The summed E-state index contributed by atoms with van der Waals surface area (Å²) in [5, 5.41) is 6.01. The van der Waals surface area contributed by atoms with Gasteiger partial charge in [0.25, 0.3) is 5.91 Å². The Bertz CT molecular complexity index is 1440. The minimum Gasteiger partial charge on any atom is -0.484 e. The van der Waals surface area contributed by atoms with Crippen molar-refractivity contribution in [2.45, 2.75) is 13.0 Å². The molecule has 34 heavy (non-hydrogen) atoms. The summed E-state index contributed by atoms with van der Waals surface area (Å²) in [4.78, 5) is 17.1.